The lowest BCUT2D eigenvalue weighted by Gasteiger charge is -2.47. The van der Waals surface area contributed by atoms with Crippen molar-refractivity contribution in [3.8, 4) is 5.75 Å². The van der Waals surface area contributed by atoms with E-state index in [9.17, 15) is 14.4 Å². The molecule has 174 valence electrons. The highest BCUT2D eigenvalue weighted by atomic mass is 35.5. The predicted molar refractivity (Wildman–Crippen MR) is 127 cm³/mol. The van der Waals surface area contributed by atoms with Crippen molar-refractivity contribution >= 4 is 40.8 Å². The summed E-state index contributed by atoms with van der Waals surface area (Å²) in [5.41, 5.74) is 1.04. The molecular weight excluding hydrogens is 444 g/mol. The summed E-state index contributed by atoms with van der Waals surface area (Å²) < 4.78 is 5.28. The van der Waals surface area contributed by atoms with Crippen LogP contribution in [0.3, 0.4) is 0 Å². The summed E-state index contributed by atoms with van der Waals surface area (Å²) in [6, 6.07) is 12.2. The van der Waals surface area contributed by atoms with Crippen molar-refractivity contribution in [2.45, 2.75) is 50.2 Å². The minimum absolute atomic E-state index is 0.120. The van der Waals surface area contributed by atoms with Crippen LogP contribution in [0.15, 0.2) is 48.5 Å². The number of methoxy groups -OCH3 is 1. The molecule has 1 saturated heterocycles. The van der Waals surface area contributed by atoms with Gasteiger partial charge >= 0.3 is 6.03 Å². The summed E-state index contributed by atoms with van der Waals surface area (Å²) in [6.07, 6.45) is 3.34. The number of hydrogen-bond acceptors (Lipinski definition) is 4. The molecule has 2 fully saturated rings. The molecule has 0 unspecified atom stereocenters. The Kier molecular flexibility index (Phi) is 7.03. The fourth-order valence-electron chi connectivity index (χ4n) is 4.61. The third kappa shape index (κ3) is 5.22. The Labute approximate surface area is 197 Å². The third-order valence-electron chi connectivity index (χ3n) is 6.12. The van der Waals surface area contributed by atoms with Crippen molar-refractivity contribution in [3.63, 3.8) is 0 Å². The summed E-state index contributed by atoms with van der Waals surface area (Å²) in [6.45, 7) is 0. The van der Waals surface area contributed by atoms with Crippen LogP contribution in [-0.2, 0) is 9.59 Å². The molecule has 4 rings (SSSR count). The van der Waals surface area contributed by atoms with Crippen LogP contribution in [0.25, 0.3) is 0 Å². The fourth-order valence-corrected chi connectivity index (χ4v) is 4.80. The summed E-state index contributed by atoms with van der Waals surface area (Å²) in [5.74, 6) is -0.189. The Morgan fingerprint density at radius 1 is 1.12 bits per heavy atom. The minimum Gasteiger partial charge on any atom is -0.495 e. The van der Waals surface area contributed by atoms with Crippen molar-refractivity contribution in [2.75, 3.05) is 17.7 Å². The number of carbonyl (C=O) groups is 3. The number of benzene rings is 2. The molecule has 0 spiro atoms. The number of fused-ring (bicyclic) bond motifs is 1. The van der Waals surface area contributed by atoms with Crippen LogP contribution < -0.4 is 20.7 Å². The lowest BCUT2D eigenvalue weighted by molar-refractivity contribution is -0.135. The second-order valence-electron chi connectivity index (χ2n) is 8.28. The largest absolute Gasteiger partial charge is 0.495 e. The number of ether oxygens (including phenoxy) is 1. The van der Waals surface area contributed by atoms with Gasteiger partial charge in [0, 0.05) is 16.8 Å². The maximum absolute atomic E-state index is 13.4. The Hall–Kier alpha value is -3.26. The van der Waals surface area contributed by atoms with Crippen LogP contribution in [0, 0.1) is 0 Å². The molecule has 8 nitrogen and oxygen atoms in total. The lowest BCUT2D eigenvalue weighted by atomic mass is 9.85. The zero-order chi connectivity index (χ0) is 23.4. The highest BCUT2D eigenvalue weighted by Crippen LogP contribution is 2.31. The molecule has 3 atom stereocenters. The molecule has 1 aliphatic heterocycles. The number of anilines is 2. The molecule has 33 heavy (non-hydrogen) atoms. The van der Waals surface area contributed by atoms with Gasteiger partial charge in [0.25, 0.3) is 0 Å². The quantitative estimate of drug-likeness (QED) is 0.614. The number of halogens is 1. The van der Waals surface area contributed by atoms with Gasteiger partial charge in [0.05, 0.1) is 25.3 Å². The summed E-state index contributed by atoms with van der Waals surface area (Å²) in [7, 11) is 1.52. The van der Waals surface area contributed by atoms with Crippen molar-refractivity contribution < 1.29 is 19.1 Å². The van der Waals surface area contributed by atoms with Gasteiger partial charge < -0.3 is 25.6 Å². The van der Waals surface area contributed by atoms with Crippen LogP contribution in [0.2, 0.25) is 5.02 Å². The van der Waals surface area contributed by atoms with Gasteiger partial charge in [-0.2, -0.15) is 0 Å². The van der Waals surface area contributed by atoms with Crippen molar-refractivity contribution in [3.05, 3.63) is 53.6 Å². The zero-order valence-electron chi connectivity index (χ0n) is 18.3. The Morgan fingerprint density at radius 2 is 1.91 bits per heavy atom. The van der Waals surface area contributed by atoms with E-state index in [1.807, 2.05) is 0 Å². The number of amides is 4. The van der Waals surface area contributed by atoms with Crippen LogP contribution in [0.5, 0.6) is 5.75 Å². The van der Waals surface area contributed by atoms with Gasteiger partial charge in [-0.15, -0.1) is 0 Å². The van der Waals surface area contributed by atoms with Gasteiger partial charge in [0.15, 0.2) is 0 Å². The highest BCUT2D eigenvalue weighted by molar-refractivity contribution is 6.30. The summed E-state index contributed by atoms with van der Waals surface area (Å²) in [4.78, 5) is 40.8. The van der Waals surface area contributed by atoms with Gasteiger partial charge in [-0.3, -0.25) is 9.59 Å². The Balaban J connectivity index is 1.56. The van der Waals surface area contributed by atoms with Crippen LogP contribution in [0.1, 0.15) is 32.1 Å². The standard InChI is InChI=1S/C24H27ClN4O4/c1-33-21-12-5-3-10-18(21)27-22(30)14-20-23(31)28-17-9-2-4-11-19(17)29(20)24(32)26-16-8-6-7-15(25)13-16/h3,5-8,10,12-13,17,19-20H,2,4,9,11,14H2,1H3,(H,26,32)(H,27,30)(H,28,31)/t17-,19-,20-/m1/s1. The molecule has 1 aliphatic carbocycles. The van der Waals surface area contributed by atoms with Crippen LogP contribution in [-0.4, -0.2) is 48.0 Å². The molecular formula is C24H27ClN4O4. The van der Waals surface area contributed by atoms with E-state index in [1.165, 1.54) is 7.11 Å². The molecule has 2 aromatic rings. The SMILES string of the molecule is COc1ccccc1NC(=O)C[C@@H]1C(=O)N[C@@H]2CCCC[C@H]2N1C(=O)Nc1cccc(Cl)c1. The number of nitrogens with zero attached hydrogens (tertiary/aromatic N) is 1. The van der Waals surface area contributed by atoms with E-state index >= 15 is 0 Å². The van der Waals surface area contributed by atoms with Gasteiger partial charge in [-0.25, -0.2) is 4.79 Å². The average Bonchev–Trinajstić information content (AvgIpc) is 2.79. The fraction of sp³-hybridized carbons (Fsp3) is 0.375. The Bertz CT molecular complexity index is 1050. The normalized spacial score (nSPS) is 22.1. The van der Waals surface area contributed by atoms with Crippen LogP contribution >= 0.6 is 11.6 Å². The second-order valence-corrected chi connectivity index (χ2v) is 8.72. The van der Waals surface area contributed by atoms with Gasteiger partial charge in [0.1, 0.15) is 11.8 Å². The van der Waals surface area contributed by atoms with Gasteiger partial charge in [-0.05, 0) is 43.2 Å². The predicted octanol–water partition coefficient (Wildman–Crippen LogP) is 4.02. The van der Waals surface area contributed by atoms with Crippen LogP contribution in [0.4, 0.5) is 16.2 Å². The van der Waals surface area contributed by atoms with Gasteiger partial charge in [0.2, 0.25) is 11.8 Å². The number of para-hydroxylation sites is 2. The summed E-state index contributed by atoms with van der Waals surface area (Å²) in [5, 5.41) is 9.17. The smallest absolute Gasteiger partial charge is 0.322 e. The number of piperazine rings is 1. The van der Waals surface area contributed by atoms with Crippen molar-refractivity contribution in [1.29, 1.82) is 0 Å². The zero-order valence-corrected chi connectivity index (χ0v) is 19.1. The topological polar surface area (TPSA) is 99.8 Å². The van der Waals surface area contributed by atoms with Gasteiger partial charge in [-0.1, -0.05) is 42.6 Å². The molecule has 4 amide bonds. The first-order valence-electron chi connectivity index (χ1n) is 11.0. The average molecular weight is 471 g/mol. The molecule has 0 aromatic heterocycles. The van der Waals surface area contributed by atoms with E-state index in [-0.39, 0.29) is 30.3 Å². The number of rotatable bonds is 5. The maximum Gasteiger partial charge on any atom is 0.322 e. The molecule has 0 radical (unpaired) electrons. The number of nitrogens with one attached hydrogen (secondary N) is 3. The van der Waals surface area contributed by atoms with Crippen molar-refractivity contribution in [1.82, 2.24) is 10.2 Å². The molecule has 2 aliphatic rings. The monoisotopic (exact) mass is 470 g/mol. The second kappa shape index (κ2) is 10.1. The number of hydrogen-bond donors (Lipinski definition) is 3. The molecule has 3 N–H and O–H groups in total. The lowest BCUT2D eigenvalue weighted by Crippen LogP contribution is -2.68. The number of carbonyl (C=O) groups excluding carboxylic acids is 3. The highest BCUT2D eigenvalue weighted by Gasteiger charge is 2.46. The molecule has 1 saturated carbocycles. The minimum atomic E-state index is -0.932. The van der Waals surface area contributed by atoms with E-state index < -0.39 is 12.1 Å². The summed E-state index contributed by atoms with van der Waals surface area (Å²) >= 11 is 6.06. The van der Waals surface area contributed by atoms with E-state index in [2.05, 4.69) is 16.0 Å². The molecule has 2 aromatic carbocycles. The molecule has 0 bridgehead atoms. The van der Waals surface area contributed by atoms with E-state index in [0.29, 0.717) is 22.1 Å². The Morgan fingerprint density at radius 3 is 2.70 bits per heavy atom. The third-order valence-corrected chi connectivity index (χ3v) is 6.36. The maximum atomic E-state index is 13.4. The van der Waals surface area contributed by atoms with Crippen molar-refractivity contribution in [2.24, 2.45) is 0 Å². The first kappa shape index (κ1) is 22.9. The van der Waals surface area contributed by atoms with E-state index in [1.54, 1.807) is 53.4 Å². The first-order valence-corrected chi connectivity index (χ1v) is 11.4. The van der Waals surface area contributed by atoms with E-state index in [4.69, 9.17) is 16.3 Å². The van der Waals surface area contributed by atoms with E-state index in [0.717, 1.165) is 25.7 Å². The number of urea groups is 1. The molecule has 1 heterocycles. The molecule has 9 heteroatoms. The first-order chi connectivity index (χ1) is 16.0.